The molecule has 0 saturated heterocycles. The maximum Gasteiger partial charge on any atom is 0.260 e. The largest absolute Gasteiger partial charge is 0.365 e. The average molecular weight is 341 g/mol. The number of anilines is 1. The average Bonchev–Trinajstić information content (AvgIpc) is 3.06. The van der Waals surface area contributed by atoms with Gasteiger partial charge in [0.05, 0.1) is 23.6 Å². The van der Waals surface area contributed by atoms with Crippen molar-refractivity contribution in [2.75, 3.05) is 5.32 Å². The highest BCUT2D eigenvalue weighted by molar-refractivity contribution is 7.16. The minimum absolute atomic E-state index is 0.366. The van der Waals surface area contributed by atoms with E-state index in [0.29, 0.717) is 21.5 Å². The zero-order valence-electron chi connectivity index (χ0n) is 13.1. The number of pyridine rings is 1. The van der Waals surface area contributed by atoms with Crippen molar-refractivity contribution in [3.05, 3.63) is 47.4 Å². The summed E-state index contributed by atoms with van der Waals surface area (Å²) in [6.45, 7) is 3.96. The number of carbonyl (C=O) groups is 1. The van der Waals surface area contributed by atoms with Crippen LogP contribution in [0.4, 0.5) is 5.95 Å². The molecule has 0 aliphatic carbocycles. The molecule has 3 heterocycles. The van der Waals surface area contributed by atoms with Crippen LogP contribution in [0, 0.1) is 0 Å². The van der Waals surface area contributed by atoms with Gasteiger partial charge in [-0.25, -0.2) is 9.97 Å². The van der Waals surface area contributed by atoms with E-state index in [1.807, 2.05) is 32.0 Å². The van der Waals surface area contributed by atoms with Gasteiger partial charge in [-0.1, -0.05) is 6.07 Å². The van der Waals surface area contributed by atoms with Crippen molar-refractivity contribution in [2.45, 2.75) is 19.4 Å². The Kier molecular flexibility index (Phi) is 4.17. The standard InChI is InChI=1S/C15H15N7OS/c1-15(2,11-5-3-4-6-17-11)20-14-19-7-9(21-22-14)13-18-8-10(24-13)12(16)23/h3-8H,1-2H3,(H2,16,23)(H,19,20,22). The van der Waals surface area contributed by atoms with E-state index in [4.69, 9.17) is 5.73 Å². The molecule has 0 saturated carbocycles. The van der Waals surface area contributed by atoms with Gasteiger partial charge in [-0.15, -0.1) is 21.5 Å². The van der Waals surface area contributed by atoms with Crippen LogP contribution >= 0.6 is 11.3 Å². The van der Waals surface area contributed by atoms with E-state index in [1.165, 1.54) is 6.20 Å². The van der Waals surface area contributed by atoms with Crippen LogP contribution < -0.4 is 11.1 Å². The molecule has 0 aliphatic heterocycles. The number of rotatable bonds is 5. The summed E-state index contributed by atoms with van der Waals surface area (Å²) >= 11 is 1.15. The van der Waals surface area contributed by atoms with Gasteiger partial charge in [-0.2, -0.15) is 0 Å². The lowest BCUT2D eigenvalue weighted by atomic mass is 10.0. The van der Waals surface area contributed by atoms with Gasteiger partial charge in [0.1, 0.15) is 15.6 Å². The zero-order chi connectivity index (χ0) is 17.2. The van der Waals surface area contributed by atoms with Crippen molar-refractivity contribution < 1.29 is 4.79 Å². The highest BCUT2D eigenvalue weighted by Crippen LogP contribution is 2.24. The Hall–Kier alpha value is -2.94. The number of thiazole rings is 1. The van der Waals surface area contributed by atoms with Crippen LogP contribution in [-0.4, -0.2) is 31.1 Å². The lowest BCUT2D eigenvalue weighted by Crippen LogP contribution is -2.30. The third-order valence-electron chi connectivity index (χ3n) is 3.26. The number of amides is 1. The van der Waals surface area contributed by atoms with E-state index in [-0.39, 0.29) is 0 Å². The monoisotopic (exact) mass is 341 g/mol. The first-order chi connectivity index (χ1) is 11.5. The summed E-state index contributed by atoms with van der Waals surface area (Å²) < 4.78 is 0. The molecule has 3 N–H and O–H groups in total. The quantitative estimate of drug-likeness (QED) is 0.726. The fraction of sp³-hybridized carbons (Fsp3) is 0.200. The van der Waals surface area contributed by atoms with Crippen LogP contribution in [0.15, 0.2) is 36.8 Å². The molecule has 0 unspecified atom stereocenters. The van der Waals surface area contributed by atoms with Gasteiger partial charge in [0.15, 0.2) is 0 Å². The number of carbonyl (C=O) groups excluding carboxylic acids is 1. The van der Waals surface area contributed by atoms with E-state index < -0.39 is 11.4 Å². The number of primary amides is 1. The van der Waals surface area contributed by atoms with Crippen LogP contribution in [0.1, 0.15) is 29.2 Å². The smallest absolute Gasteiger partial charge is 0.260 e. The van der Waals surface area contributed by atoms with E-state index in [0.717, 1.165) is 17.0 Å². The minimum Gasteiger partial charge on any atom is -0.365 e. The SMILES string of the molecule is CC(C)(Nc1ncc(-c2ncc(C(N)=O)s2)nn1)c1ccccn1. The highest BCUT2D eigenvalue weighted by atomic mass is 32.1. The molecule has 0 radical (unpaired) electrons. The van der Waals surface area contributed by atoms with Gasteiger partial charge in [0.2, 0.25) is 5.95 Å². The third-order valence-corrected chi connectivity index (χ3v) is 4.29. The number of nitrogens with two attached hydrogens (primary N) is 1. The Bertz CT molecular complexity index is 846. The molecule has 3 aromatic heterocycles. The molecule has 0 spiro atoms. The first-order valence-corrected chi connectivity index (χ1v) is 7.93. The second kappa shape index (κ2) is 6.28. The van der Waals surface area contributed by atoms with Crippen LogP contribution in [0.2, 0.25) is 0 Å². The lowest BCUT2D eigenvalue weighted by molar-refractivity contribution is 0.100. The molecule has 24 heavy (non-hydrogen) atoms. The van der Waals surface area contributed by atoms with Crippen molar-refractivity contribution in [3.63, 3.8) is 0 Å². The normalized spacial score (nSPS) is 11.2. The Morgan fingerprint density at radius 3 is 2.58 bits per heavy atom. The number of aromatic nitrogens is 5. The fourth-order valence-electron chi connectivity index (χ4n) is 2.01. The Labute approximate surface area is 142 Å². The molecule has 122 valence electrons. The molecule has 1 amide bonds. The van der Waals surface area contributed by atoms with E-state index in [2.05, 4.69) is 30.5 Å². The number of nitrogens with zero attached hydrogens (tertiary/aromatic N) is 5. The lowest BCUT2D eigenvalue weighted by Gasteiger charge is -2.25. The maximum absolute atomic E-state index is 11.1. The van der Waals surface area contributed by atoms with Gasteiger partial charge in [0, 0.05) is 6.20 Å². The number of nitrogens with one attached hydrogen (secondary N) is 1. The van der Waals surface area contributed by atoms with E-state index >= 15 is 0 Å². The minimum atomic E-state index is -0.518. The Morgan fingerprint density at radius 1 is 1.17 bits per heavy atom. The van der Waals surface area contributed by atoms with Crippen molar-refractivity contribution in [1.29, 1.82) is 0 Å². The fourth-order valence-corrected chi connectivity index (χ4v) is 2.73. The second-order valence-corrected chi connectivity index (χ2v) is 6.56. The summed E-state index contributed by atoms with van der Waals surface area (Å²) in [6.07, 6.45) is 4.70. The third kappa shape index (κ3) is 3.35. The van der Waals surface area contributed by atoms with E-state index in [9.17, 15) is 4.79 Å². The van der Waals surface area contributed by atoms with Crippen LogP contribution in [-0.2, 0) is 5.54 Å². The summed E-state index contributed by atoms with van der Waals surface area (Å²) in [6, 6.07) is 5.71. The molecule has 9 heteroatoms. The molecular formula is C15H15N7OS. The molecule has 0 fully saturated rings. The summed E-state index contributed by atoms with van der Waals surface area (Å²) in [5.74, 6) is -0.142. The maximum atomic E-state index is 11.1. The summed E-state index contributed by atoms with van der Waals surface area (Å²) in [5.41, 5.74) is 6.11. The molecule has 3 aromatic rings. The van der Waals surface area contributed by atoms with Gasteiger partial charge in [-0.05, 0) is 26.0 Å². The molecule has 0 aliphatic rings. The molecule has 8 nitrogen and oxygen atoms in total. The van der Waals surface area contributed by atoms with Gasteiger partial charge in [-0.3, -0.25) is 9.78 Å². The van der Waals surface area contributed by atoms with Gasteiger partial charge < -0.3 is 11.1 Å². The van der Waals surface area contributed by atoms with E-state index in [1.54, 1.807) is 12.4 Å². The zero-order valence-corrected chi connectivity index (χ0v) is 13.9. The number of hydrogen-bond acceptors (Lipinski definition) is 8. The molecule has 0 atom stereocenters. The molecule has 0 bridgehead atoms. The van der Waals surface area contributed by atoms with Crippen LogP contribution in [0.5, 0.6) is 0 Å². The predicted octanol–water partition coefficient (Wildman–Crippen LogP) is 1.84. The van der Waals surface area contributed by atoms with Crippen molar-refractivity contribution >= 4 is 23.2 Å². The van der Waals surface area contributed by atoms with Crippen molar-refractivity contribution in [2.24, 2.45) is 5.73 Å². The predicted molar refractivity (Wildman–Crippen MR) is 90.3 cm³/mol. The number of hydrogen-bond donors (Lipinski definition) is 2. The highest BCUT2D eigenvalue weighted by Gasteiger charge is 2.23. The molecular weight excluding hydrogens is 326 g/mol. The second-order valence-electron chi connectivity index (χ2n) is 5.53. The van der Waals surface area contributed by atoms with Crippen LogP contribution in [0.3, 0.4) is 0 Å². The Morgan fingerprint density at radius 2 is 2.00 bits per heavy atom. The van der Waals surface area contributed by atoms with Crippen molar-refractivity contribution in [3.8, 4) is 10.7 Å². The summed E-state index contributed by atoms with van der Waals surface area (Å²) in [5, 5.41) is 11.9. The van der Waals surface area contributed by atoms with Gasteiger partial charge in [0.25, 0.3) is 5.91 Å². The summed E-state index contributed by atoms with van der Waals surface area (Å²) in [4.78, 5) is 24.2. The molecule has 3 rings (SSSR count). The first-order valence-electron chi connectivity index (χ1n) is 7.11. The Balaban J connectivity index is 1.78. The first kappa shape index (κ1) is 15.9. The van der Waals surface area contributed by atoms with Crippen LogP contribution in [0.25, 0.3) is 10.7 Å². The topological polar surface area (TPSA) is 120 Å². The summed E-state index contributed by atoms with van der Waals surface area (Å²) in [7, 11) is 0. The molecule has 0 aromatic carbocycles. The van der Waals surface area contributed by atoms with Gasteiger partial charge >= 0.3 is 0 Å². The van der Waals surface area contributed by atoms with Crippen molar-refractivity contribution in [1.82, 2.24) is 25.1 Å².